The van der Waals surface area contributed by atoms with Crippen molar-refractivity contribution in [2.75, 3.05) is 0 Å². The molecular weight excluding hydrogens is 392 g/mol. The highest BCUT2D eigenvalue weighted by molar-refractivity contribution is 6.32. The Morgan fingerprint density at radius 2 is 1.63 bits per heavy atom. The zero-order chi connectivity index (χ0) is 21.4. The number of rotatable bonds is 9. The van der Waals surface area contributed by atoms with Crippen LogP contribution in [0.5, 0.6) is 5.75 Å². The summed E-state index contributed by atoms with van der Waals surface area (Å²) in [4.78, 5) is 13.1. The van der Waals surface area contributed by atoms with Gasteiger partial charge in [-0.1, -0.05) is 94.3 Å². The second-order valence-electron chi connectivity index (χ2n) is 8.78. The van der Waals surface area contributed by atoms with E-state index in [1.54, 1.807) is 0 Å². The fourth-order valence-electron chi connectivity index (χ4n) is 4.68. The molecule has 2 aromatic carbocycles. The first-order valence-corrected chi connectivity index (χ1v) is 12.1. The number of benzene rings is 2. The van der Waals surface area contributed by atoms with Gasteiger partial charge in [-0.2, -0.15) is 0 Å². The first-order valence-electron chi connectivity index (χ1n) is 11.7. The second-order valence-corrected chi connectivity index (χ2v) is 9.19. The Labute approximate surface area is 187 Å². The van der Waals surface area contributed by atoms with E-state index in [-0.39, 0.29) is 11.4 Å². The molecule has 30 heavy (non-hydrogen) atoms. The minimum atomic E-state index is -0.331. The molecule has 0 atom stereocenters. The highest BCUT2D eigenvalue weighted by Gasteiger charge is 2.40. The summed E-state index contributed by atoms with van der Waals surface area (Å²) in [6, 6.07) is 14.4. The van der Waals surface area contributed by atoms with Crippen LogP contribution in [0.2, 0.25) is 5.02 Å². The van der Waals surface area contributed by atoms with Crippen molar-refractivity contribution >= 4 is 17.6 Å². The molecule has 0 aromatic heterocycles. The highest BCUT2D eigenvalue weighted by atomic mass is 35.5. The predicted octanol–water partition coefficient (Wildman–Crippen LogP) is 8.40. The molecule has 3 heteroatoms. The number of aryl methyl sites for hydroxylation is 1. The normalized spacial score (nSPS) is 15.7. The maximum Gasteiger partial charge on any atom is 0.317 e. The van der Waals surface area contributed by atoms with Crippen LogP contribution < -0.4 is 4.74 Å². The van der Waals surface area contributed by atoms with Crippen molar-refractivity contribution in [3.05, 3.63) is 53.1 Å². The number of carbonyl (C=O) groups is 1. The quantitative estimate of drug-likeness (QED) is 0.228. The van der Waals surface area contributed by atoms with Gasteiger partial charge in [-0.15, -0.1) is 0 Å². The zero-order valence-corrected chi connectivity index (χ0v) is 19.3. The maximum atomic E-state index is 13.1. The maximum absolute atomic E-state index is 13.1. The fraction of sp³-hybridized carbons (Fsp3) is 0.519. The van der Waals surface area contributed by atoms with Crippen LogP contribution in [-0.2, 0) is 11.2 Å². The summed E-state index contributed by atoms with van der Waals surface area (Å²) in [7, 11) is 0. The van der Waals surface area contributed by atoms with Crippen molar-refractivity contribution in [2.45, 2.75) is 84.5 Å². The van der Waals surface area contributed by atoms with Gasteiger partial charge >= 0.3 is 5.97 Å². The Bertz CT molecular complexity index is 814. The SMILES string of the molecule is CCCCCc1ccc(-c2ccc(OC(=O)C3(CCC)CCCCC3)c(Cl)c2)cc1. The largest absolute Gasteiger partial charge is 0.425 e. The van der Waals surface area contributed by atoms with Crippen LogP contribution >= 0.6 is 11.6 Å². The average molecular weight is 427 g/mol. The summed E-state index contributed by atoms with van der Waals surface area (Å²) in [5.41, 5.74) is 3.21. The van der Waals surface area contributed by atoms with Gasteiger partial charge in [0.15, 0.2) is 0 Å². The molecule has 0 spiro atoms. The number of esters is 1. The topological polar surface area (TPSA) is 26.3 Å². The lowest BCUT2D eigenvalue weighted by molar-refractivity contribution is -0.148. The van der Waals surface area contributed by atoms with E-state index in [1.807, 2.05) is 18.2 Å². The van der Waals surface area contributed by atoms with E-state index in [1.165, 1.54) is 31.2 Å². The monoisotopic (exact) mass is 426 g/mol. The molecule has 0 N–H and O–H groups in total. The van der Waals surface area contributed by atoms with Gasteiger partial charge < -0.3 is 4.74 Å². The Kier molecular flexibility index (Phi) is 8.39. The lowest BCUT2D eigenvalue weighted by Gasteiger charge is -2.34. The number of ether oxygens (including phenoxy) is 1. The van der Waals surface area contributed by atoms with Crippen LogP contribution in [0, 0.1) is 5.41 Å². The van der Waals surface area contributed by atoms with E-state index in [4.69, 9.17) is 16.3 Å². The Morgan fingerprint density at radius 3 is 2.27 bits per heavy atom. The van der Waals surface area contributed by atoms with Crippen molar-refractivity contribution in [1.82, 2.24) is 0 Å². The minimum Gasteiger partial charge on any atom is -0.425 e. The molecule has 0 heterocycles. The molecule has 1 saturated carbocycles. The Hall–Kier alpha value is -1.80. The van der Waals surface area contributed by atoms with Gasteiger partial charge in [-0.05, 0) is 60.9 Å². The number of halogens is 1. The third-order valence-electron chi connectivity index (χ3n) is 6.46. The van der Waals surface area contributed by atoms with E-state index >= 15 is 0 Å². The van der Waals surface area contributed by atoms with Crippen molar-refractivity contribution in [3.8, 4) is 16.9 Å². The molecule has 3 rings (SSSR count). The fourth-order valence-corrected chi connectivity index (χ4v) is 4.90. The lowest BCUT2D eigenvalue weighted by Crippen LogP contribution is -2.36. The van der Waals surface area contributed by atoms with Crippen molar-refractivity contribution < 1.29 is 9.53 Å². The van der Waals surface area contributed by atoms with Crippen molar-refractivity contribution in [2.24, 2.45) is 5.41 Å². The molecule has 0 unspecified atom stereocenters. The van der Waals surface area contributed by atoms with E-state index in [0.717, 1.165) is 56.1 Å². The molecular formula is C27H35ClO2. The summed E-state index contributed by atoms with van der Waals surface area (Å²) in [6.45, 7) is 4.37. The van der Waals surface area contributed by atoms with Crippen LogP contribution in [0.4, 0.5) is 0 Å². The van der Waals surface area contributed by atoms with Crippen molar-refractivity contribution in [1.29, 1.82) is 0 Å². The molecule has 1 aliphatic rings. The summed E-state index contributed by atoms with van der Waals surface area (Å²) < 4.78 is 5.83. The molecule has 162 valence electrons. The number of unbranched alkanes of at least 4 members (excludes halogenated alkanes) is 2. The second kappa shape index (κ2) is 11.0. The van der Waals surface area contributed by atoms with E-state index < -0.39 is 0 Å². The molecule has 0 saturated heterocycles. The molecule has 0 radical (unpaired) electrons. The molecule has 0 bridgehead atoms. The van der Waals surface area contributed by atoms with Gasteiger partial charge in [-0.3, -0.25) is 4.79 Å². The van der Waals surface area contributed by atoms with Gasteiger partial charge in [0.1, 0.15) is 5.75 Å². The van der Waals surface area contributed by atoms with Gasteiger partial charge in [0, 0.05) is 0 Å². The van der Waals surface area contributed by atoms with Crippen molar-refractivity contribution in [3.63, 3.8) is 0 Å². The third kappa shape index (κ3) is 5.66. The van der Waals surface area contributed by atoms with Crippen LogP contribution in [-0.4, -0.2) is 5.97 Å². The van der Waals surface area contributed by atoms with Gasteiger partial charge in [0.05, 0.1) is 10.4 Å². The van der Waals surface area contributed by atoms with Crippen LogP contribution in [0.15, 0.2) is 42.5 Å². The number of carbonyl (C=O) groups excluding carboxylic acids is 1. The summed E-state index contributed by atoms with van der Waals surface area (Å²) in [6.07, 6.45) is 12.1. The molecule has 1 fully saturated rings. The number of hydrogen-bond donors (Lipinski definition) is 0. The number of hydrogen-bond acceptors (Lipinski definition) is 2. The molecule has 1 aliphatic carbocycles. The van der Waals surface area contributed by atoms with Crippen LogP contribution in [0.1, 0.15) is 83.6 Å². The molecule has 2 nitrogen and oxygen atoms in total. The predicted molar refractivity (Wildman–Crippen MR) is 126 cm³/mol. The molecule has 0 aliphatic heterocycles. The third-order valence-corrected chi connectivity index (χ3v) is 6.76. The first-order chi connectivity index (χ1) is 14.6. The van der Waals surface area contributed by atoms with E-state index in [2.05, 4.69) is 38.1 Å². The zero-order valence-electron chi connectivity index (χ0n) is 18.5. The average Bonchev–Trinajstić information content (AvgIpc) is 2.76. The summed E-state index contributed by atoms with van der Waals surface area (Å²) >= 11 is 6.52. The van der Waals surface area contributed by atoms with Gasteiger partial charge in [0.25, 0.3) is 0 Å². The summed E-state index contributed by atoms with van der Waals surface area (Å²) in [5.74, 6) is 0.373. The first kappa shape index (κ1) is 22.9. The van der Waals surface area contributed by atoms with Crippen LogP contribution in [0.25, 0.3) is 11.1 Å². The van der Waals surface area contributed by atoms with Gasteiger partial charge in [-0.25, -0.2) is 0 Å². The minimum absolute atomic E-state index is 0.102. The Balaban J connectivity index is 1.69. The molecule has 2 aromatic rings. The van der Waals surface area contributed by atoms with E-state index in [9.17, 15) is 4.79 Å². The van der Waals surface area contributed by atoms with Gasteiger partial charge in [0.2, 0.25) is 0 Å². The molecule has 0 amide bonds. The van der Waals surface area contributed by atoms with E-state index in [0.29, 0.717) is 10.8 Å². The standard InChI is InChI=1S/C27H35ClO2/c1-3-5-7-10-21-11-13-22(14-12-21)23-15-16-25(24(28)20-23)30-26(29)27(17-4-2)18-8-6-9-19-27/h11-16,20H,3-10,17-19H2,1-2H3. The smallest absolute Gasteiger partial charge is 0.317 e. The highest BCUT2D eigenvalue weighted by Crippen LogP contribution is 2.42. The Morgan fingerprint density at radius 1 is 0.933 bits per heavy atom. The lowest BCUT2D eigenvalue weighted by atomic mass is 9.71. The summed E-state index contributed by atoms with van der Waals surface area (Å²) in [5, 5.41) is 0.496. The van der Waals surface area contributed by atoms with Crippen LogP contribution in [0.3, 0.4) is 0 Å².